The van der Waals surface area contributed by atoms with E-state index in [4.69, 9.17) is 32.7 Å². The zero-order chi connectivity index (χ0) is 22.0. The third kappa shape index (κ3) is 4.66. The molecule has 1 heterocycles. The van der Waals surface area contributed by atoms with Crippen molar-refractivity contribution >= 4 is 62.2 Å². The molecule has 0 fully saturated rings. The summed E-state index contributed by atoms with van der Waals surface area (Å²) in [5.41, 5.74) is 1.04. The molecule has 1 aromatic heterocycles. The van der Waals surface area contributed by atoms with Crippen LogP contribution in [0.2, 0.25) is 10.0 Å². The number of ether oxygens (including phenoxy) is 2. The highest BCUT2D eigenvalue weighted by Crippen LogP contribution is 2.37. The zero-order valence-corrected chi connectivity index (χ0v) is 18.5. The first kappa shape index (κ1) is 21.2. The second kappa shape index (κ2) is 8.98. The molecule has 3 aromatic carbocycles. The number of hydrogen-bond acceptors (Lipinski definition) is 5. The lowest BCUT2D eigenvalue weighted by Gasteiger charge is -2.07. The maximum Gasteiger partial charge on any atom is 0.355 e. The van der Waals surface area contributed by atoms with Crippen LogP contribution in [-0.4, -0.2) is 19.0 Å². The van der Waals surface area contributed by atoms with E-state index in [1.54, 1.807) is 67.8 Å². The van der Waals surface area contributed by atoms with Crippen LogP contribution in [0.5, 0.6) is 11.5 Å². The summed E-state index contributed by atoms with van der Waals surface area (Å²) >= 11 is 13.5. The largest absolute Gasteiger partial charge is 0.497 e. The number of carbonyl (C=O) groups is 2. The SMILES string of the molecule is COc1ccc2sc(C(=O)Oc3ccc(C(=O)Nc4ccc(Cl)cc4)cc3)c(Cl)c2c1. The number of benzene rings is 3. The lowest BCUT2D eigenvalue weighted by atomic mass is 10.2. The van der Waals surface area contributed by atoms with Crippen LogP contribution >= 0.6 is 34.5 Å². The first-order chi connectivity index (χ1) is 14.9. The number of fused-ring (bicyclic) bond motifs is 1. The van der Waals surface area contributed by atoms with Crippen LogP contribution in [0.25, 0.3) is 10.1 Å². The Kier molecular flexibility index (Phi) is 6.13. The first-order valence-electron chi connectivity index (χ1n) is 9.10. The van der Waals surface area contributed by atoms with Gasteiger partial charge in [-0.1, -0.05) is 23.2 Å². The van der Waals surface area contributed by atoms with Crippen LogP contribution in [-0.2, 0) is 0 Å². The Morgan fingerprint density at radius 3 is 2.26 bits per heavy atom. The highest BCUT2D eigenvalue weighted by molar-refractivity contribution is 7.21. The predicted octanol–water partition coefficient (Wildman–Crippen LogP) is 6.69. The van der Waals surface area contributed by atoms with Gasteiger partial charge in [-0.05, 0) is 66.7 Å². The molecule has 4 rings (SSSR count). The van der Waals surface area contributed by atoms with E-state index in [1.165, 1.54) is 11.3 Å². The quantitative estimate of drug-likeness (QED) is 0.260. The number of esters is 1. The van der Waals surface area contributed by atoms with Crippen molar-refractivity contribution in [3.05, 3.63) is 87.2 Å². The number of halogens is 2. The van der Waals surface area contributed by atoms with Crippen LogP contribution in [0.3, 0.4) is 0 Å². The second-order valence-corrected chi connectivity index (χ2v) is 8.35. The highest BCUT2D eigenvalue weighted by atomic mass is 35.5. The van der Waals surface area contributed by atoms with Gasteiger partial charge in [-0.25, -0.2) is 4.79 Å². The number of methoxy groups -OCH3 is 1. The molecule has 4 aromatic rings. The topological polar surface area (TPSA) is 64.6 Å². The van der Waals surface area contributed by atoms with Crippen molar-refractivity contribution in [2.24, 2.45) is 0 Å². The monoisotopic (exact) mass is 471 g/mol. The molecule has 31 heavy (non-hydrogen) atoms. The Morgan fingerprint density at radius 1 is 0.903 bits per heavy atom. The Labute approximate surface area is 192 Å². The summed E-state index contributed by atoms with van der Waals surface area (Å²) in [7, 11) is 1.57. The van der Waals surface area contributed by atoms with Gasteiger partial charge in [-0.15, -0.1) is 11.3 Å². The third-order valence-electron chi connectivity index (χ3n) is 4.45. The maximum absolute atomic E-state index is 12.6. The molecule has 5 nitrogen and oxygen atoms in total. The number of rotatable bonds is 5. The third-order valence-corrected chi connectivity index (χ3v) is 6.36. The fourth-order valence-electron chi connectivity index (χ4n) is 2.87. The minimum atomic E-state index is -0.566. The predicted molar refractivity (Wildman–Crippen MR) is 124 cm³/mol. The standard InChI is InChI=1S/C23H15Cl2NO4S/c1-29-17-10-11-19-18(12-17)20(25)21(31-19)23(28)30-16-8-2-13(3-9-16)22(27)26-15-6-4-14(24)5-7-15/h2-12H,1H3,(H,26,27). The van der Waals surface area contributed by atoms with E-state index in [1.807, 2.05) is 6.07 Å². The number of nitrogens with one attached hydrogen (secondary N) is 1. The Morgan fingerprint density at radius 2 is 1.58 bits per heavy atom. The Hall–Kier alpha value is -3.06. The average molecular weight is 472 g/mol. The molecule has 0 saturated heterocycles. The van der Waals surface area contributed by atoms with Gasteiger partial charge in [-0.2, -0.15) is 0 Å². The van der Waals surface area contributed by atoms with E-state index in [-0.39, 0.29) is 5.91 Å². The molecule has 0 aliphatic heterocycles. The van der Waals surface area contributed by atoms with Gasteiger partial charge in [0, 0.05) is 26.4 Å². The molecule has 0 atom stereocenters. The summed E-state index contributed by atoms with van der Waals surface area (Å²) < 4.78 is 11.5. The zero-order valence-electron chi connectivity index (χ0n) is 16.1. The summed E-state index contributed by atoms with van der Waals surface area (Å²) in [4.78, 5) is 25.3. The van der Waals surface area contributed by atoms with Gasteiger partial charge in [-0.3, -0.25) is 4.79 Å². The molecule has 1 amide bonds. The summed E-state index contributed by atoms with van der Waals surface area (Å²) in [6, 6.07) is 18.5. The number of amides is 1. The molecule has 1 N–H and O–H groups in total. The van der Waals surface area contributed by atoms with Gasteiger partial charge in [0.1, 0.15) is 16.4 Å². The van der Waals surface area contributed by atoms with Crippen LogP contribution in [0.1, 0.15) is 20.0 Å². The molecule has 0 saturated carbocycles. The molecular formula is C23H15Cl2NO4S. The van der Waals surface area contributed by atoms with Crippen molar-refractivity contribution in [3.8, 4) is 11.5 Å². The lowest BCUT2D eigenvalue weighted by molar-refractivity contribution is 0.0740. The van der Waals surface area contributed by atoms with Gasteiger partial charge in [0.25, 0.3) is 5.91 Å². The first-order valence-corrected chi connectivity index (χ1v) is 10.7. The van der Waals surface area contributed by atoms with Crippen LogP contribution in [0, 0.1) is 0 Å². The van der Waals surface area contributed by atoms with E-state index in [2.05, 4.69) is 5.32 Å². The molecule has 0 radical (unpaired) electrons. The maximum atomic E-state index is 12.6. The van der Waals surface area contributed by atoms with Crippen molar-refractivity contribution in [3.63, 3.8) is 0 Å². The van der Waals surface area contributed by atoms with Gasteiger partial charge >= 0.3 is 5.97 Å². The smallest absolute Gasteiger partial charge is 0.355 e. The summed E-state index contributed by atoms with van der Waals surface area (Å²) in [6.45, 7) is 0. The number of hydrogen-bond donors (Lipinski definition) is 1. The van der Waals surface area contributed by atoms with Gasteiger partial charge in [0.05, 0.1) is 12.1 Å². The van der Waals surface area contributed by atoms with Crippen molar-refractivity contribution in [2.45, 2.75) is 0 Å². The van der Waals surface area contributed by atoms with Crippen LogP contribution in [0.4, 0.5) is 5.69 Å². The van der Waals surface area contributed by atoms with Crippen molar-refractivity contribution in [2.75, 3.05) is 12.4 Å². The molecule has 0 unspecified atom stereocenters. The lowest BCUT2D eigenvalue weighted by Crippen LogP contribution is -2.12. The van der Waals surface area contributed by atoms with Gasteiger partial charge in [0.2, 0.25) is 0 Å². The summed E-state index contributed by atoms with van der Waals surface area (Å²) in [5.74, 6) is 0.101. The average Bonchev–Trinajstić information content (AvgIpc) is 3.11. The van der Waals surface area contributed by atoms with Crippen LogP contribution < -0.4 is 14.8 Å². The molecule has 0 spiro atoms. The van der Waals surface area contributed by atoms with Crippen molar-refractivity contribution in [1.82, 2.24) is 0 Å². The van der Waals surface area contributed by atoms with E-state index >= 15 is 0 Å². The Balaban J connectivity index is 1.47. The molecule has 8 heteroatoms. The number of carbonyl (C=O) groups excluding carboxylic acids is 2. The number of thiophene rings is 1. The summed E-state index contributed by atoms with van der Waals surface area (Å²) in [5, 5.41) is 4.41. The van der Waals surface area contributed by atoms with Crippen molar-refractivity contribution < 1.29 is 19.1 Å². The molecule has 0 bridgehead atoms. The van der Waals surface area contributed by atoms with E-state index < -0.39 is 5.97 Å². The van der Waals surface area contributed by atoms with Crippen molar-refractivity contribution in [1.29, 1.82) is 0 Å². The molecule has 0 aliphatic rings. The molecular weight excluding hydrogens is 457 g/mol. The molecule has 156 valence electrons. The van der Waals surface area contributed by atoms with Gasteiger partial charge < -0.3 is 14.8 Å². The normalized spacial score (nSPS) is 10.7. The number of anilines is 1. The summed E-state index contributed by atoms with van der Waals surface area (Å²) in [6.07, 6.45) is 0. The highest BCUT2D eigenvalue weighted by Gasteiger charge is 2.20. The molecule has 0 aliphatic carbocycles. The van der Waals surface area contributed by atoms with E-state index in [0.717, 1.165) is 10.1 Å². The minimum Gasteiger partial charge on any atom is -0.497 e. The minimum absolute atomic E-state index is 0.290. The van der Waals surface area contributed by atoms with E-state index in [0.29, 0.717) is 37.7 Å². The van der Waals surface area contributed by atoms with Crippen LogP contribution in [0.15, 0.2) is 66.7 Å². The second-order valence-electron chi connectivity index (χ2n) is 6.48. The van der Waals surface area contributed by atoms with E-state index in [9.17, 15) is 9.59 Å². The van der Waals surface area contributed by atoms with Gasteiger partial charge in [0.15, 0.2) is 0 Å². The Bertz CT molecular complexity index is 1270. The fraction of sp³-hybridized carbons (Fsp3) is 0.0435. The fourth-order valence-corrected chi connectivity index (χ4v) is 4.35.